The minimum Gasteiger partial charge on any atom is -0.464 e. The van der Waals surface area contributed by atoms with Crippen molar-refractivity contribution in [2.24, 2.45) is 0 Å². The summed E-state index contributed by atoms with van der Waals surface area (Å²) in [5.74, 6) is 1.06. The van der Waals surface area contributed by atoms with Crippen molar-refractivity contribution in [1.29, 1.82) is 0 Å². The maximum Gasteiger partial charge on any atom is 0.323 e. The van der Waals surface area contributed by atoms with Crippen LogP contribution in [0.3, 0.4) is 0 Å². The Labute approximate surface area is 124 Å². The molecule has 2 aromatic rings. The van der Waals surface area contributed by atoms with E-state index in [0.717, 1.165) is 12.2 Å². The third-order valence-electron chi connectivity index (χ3n) is 2.84. The highest BCUT2D eigenvalue weighted by Crippen LogP contribution is 2.16. The van der Waals surface area contributed by atoms with Gasteiger partial charge in [0.05, 0.1) is 18.8 Å². The van der Waals surface area contributed by atoms with Gasteiger partial charge in [0.15, 0.2) is 0 Å². The van der Waals surface area contributed by atoms with E-state index in [0.29, 0.717) is 31.1 Å². The molecule has 0 spiro atoms. The lowest BCUT2D eigenvalue weighted by Crippen LogP contribution is -2.25. The van der Waals surface area contributed by atoms with Gasteiger partial charge in [-0.3, -0.25) is 4.98 Å². The van der Waals surface area contributed by atoms with Crippen LogP contribution in [-0.4, -0.2) is 40.1 Å². The Kier molecular flexibility index (Phi) is 5.25. The van der Waals surface area contributed by atoms with E-state index < -0.39 is 0 Å². The summed E-state index contributed by atoms with van der Waals surface area (Å²) in [6.45, 7) is 5.85. The molecule has 0 aliphatic rings. The molecular weight excluding hydrogens is 268 g/mol. The fraction of sp³-hybridized carbons (Fsp3) is 0.429. The van der Waals surface area contributed by atoms with Crippen molar-refractivity contribution in [2.75, 3.05) is 30.4 Å². The smallest absolute Gasteiger partial charge is 0.323 e. The van der Waals surface area contributed by atoms with E-state index in [1.807, 2.05) is 36.9 Å². The molecule has 0 atom stereocenters. The van der Waals surface area contributed by atoms with Crippen molar-refractivity contribution in [3.8, 4) is 6.01 Å². The van der Waals surface area contributed by atoms with Crippen molar-refractivity contribution < 1.29 is 4.74 Å². The third kappa shape index (κ3) is 4.01. The van der Waals surface area contributed by atoms with Crippen molar-refractivity contribution in [3.63, 3.8) is 0 Å². The summed E-state index contributed by atoms with van der Waals surface area (Å²) in [4.78, 5) is 19.3. The Morgan fingerprint density at radius 3 is 2.67 bits per heavy atom. The Balaban J connectivity index is 2.26. The maximum absolute atomic E-state index is 5.39. The molecule has 0 fully saturated rings. The molecule has 0 amide bonds. The van der Waals surface area contributed by atoms with Gasteiger partial charge >= 0.3 is 6.01 Å². The molecule has 7 nitrogen and oxygen atoms in total. The molecular formula is C14H20N6O. The first-order valence-corrected chi connectivity index (χ1v) is 6.98. The van der Waals surface area contributed by atoms with E-state index in [9.17, 15) is 0 Å². The van der Waals surface area contributed by atoms with E-state index >= 15 is 0 Å². The molecule has 1 N–H and O–H groups in total. The van der Waals surface area contributed by atoms with E-state index in [1.54, 1.807) is 13.2 Å². The number of aromatic nitrogens is 4. The molecule has 2 heterocycles. The largest absolute Gasteiger partial charge is 0.464 e. The summed E-state index contributed by atoms with van der Waals surface area (Å²) in [7, 11) is 1.77. The molecule has 21 heavy (non-hydrogen) atoms. The van der Waals surface area contributed by atoms with Gasteiger partial charge in [-0.1, -0.05) is 6.07 Å². The van der Waals surface area contributed by atoms with Gasteiger partial charge in [-0.2, -0.15) is 15.0 Å². The van der Waals surface area contributed by atoms with Gasteiger partial charge in [-0.15, -0.1) is 0 Å². The predicted octanol–water partition coefficient (Wildman–Crippen LogP) is 1.73. The van der Waals surface area contributed by atoms with Crippen LogP contribution in [0.15, 0.2) is 24.4 Å². The molecule has 7 heteroatoms. The van der Waals surface area contributed by atoms with Gasteiger partial charge < -0.3 is 15.0 Å². The zero-order chi connectivity index (χ0) is 15.1. The number of rotatable bonds is 7. The number of ether oxygens (including phenoxy) is 1. The van der Waals surface area contributed by atoms with Gasteiger partial charge in [0, 0.05) is 19.8 Å². The first-order valence-electron chi connectivity index (χ1n) is 6.98. The predicted molar refractivity (Wildman–Crippen MR) is 81.5 cm³/mol. The standard InChI is InChI=1S/C14H20N6O/c1-4-20(10-11-8-6-7-9-16-11)13-17-12(15-3)18-14(19-13)21-5-2/h6-9H,4-5,10H2,1-3H3,(H,15,17,18,19). The molecule has 0 radical (unpaired) electrons. The molecule has 0 aliphatic heterocycles. The zero-order valence-electron chi connectivity index (χ0n) is 12.6. The van der Waals surface area contributed by atoms with Gasteiger partial charge in [-0.05, 0) is 26.0 Å². The van der Waals surface area contributed by atoms with Gasteiger partial charge in [0.25, 0.3) is 0 Å². The number of nitrogens with one attached hydrogen (secondary N) is 1. The molecule has 0 aliphatic carbocycles. The third-order valence-corrected chi connectivity index (χ3v) is 2.84. The summed E-state index contributed by atoms with van der Waals surface area (Å²) < 4.78 is 5.39. The molecule has 0 saturated heterocycles. The lowest BCUT2D eigenvalue weighted by Gasteiger charge is -2.21. The molecule has 2 rings (SSSR count). The van der Waals surface area contributed by atoms with Crippen LogP contribution < -0.4 is 15.0 Å². The van der Waals surface area contributed by atoms with Crippen molar-refractivity contribution in [2.45, 2.75) is 20.4 Å². The summed E-state index contributed by atoms with van der Waals surface area (Å²) in [6.07, 6.45) is 1.78. The van der Waals surface area contributed by atoms with Crippen LogP contribution in [0.5, 0.6) is 6.01 Å². The zero-order valence-corrected chi connectivity index (χ0v) is 12.6. The van der Waals surface area contributed by atoms with Crippen LogP contribution in [0, 0.1) is 0 Å². The lowest BCUT2D eigenvalue weighted by atomic mass is 10.3. The highest BCUT2D eigenvalue weighted by molar-refractivity contribution is 5.38. The van der Waals surface area contributed by atoms with E-state index in [-0.39, 0.29) is 0 Å². The van der Waals surface area contributed by atoms with Crippen LogP contribution in [0.4, 0.5) is 11.9 Å². The number of pyridine rings is 1. The highest BCUT2D eigenvalue weighted by Gasteiger charge is 2.13. The van der Waals surface area contributed by atoms with Gasteiger partial charge in [-0.25, -0.2) is 0 Å². The Bertz CT molecular complexity index is 563. The normalized spacial score (nSPS) is 10.2. The van der Waals surface area contributed by atoms with Crippen molar-refractivity contribution >= 4 is 11.9 Å². The summed E-state index contributed by atoms with van der Waals surface area (Å²) in [5.41, 5.74) is 0.962. The SMILES string of the molecule is CCOc1nc(NC)nc(N(CC)Cc2ccccn2)n1. The quantitative estimate of drug-likeness (QED) is 0.831. The fourth-order valence-corrected chi connectivity index (χ4v) is 1.80. The van der Waals surface area contributed by atoms with E-state index in [2.05, 4.69) is 25.3 Å². The van der Waals surface area contributed by atoms with Crippen LogP contribution in [0.2, 0.25) is 0 Å². The first-order chi connectivity index (χ1) is 10.3. The Hall–Kier alpha value is -2.44. The van der Waals surface area contributed by atoms with Gasteiger partial charge in [0.2, 0.25) is 11.9 Å². The Morgan fingerprint density at radius 1 is 1.19 bits per heavy atom. The molecule has 0 saturated carbocycles. The highest BCUT2D eigenvalue weighted by atomic mass is 16.5. The minimum atomic E-state index is 0.325. The van der Waals surface area contributed by atoms with E-state index in [4.69, 9.17) is 4.74 Å². The average molecular weight is 288 g/mol. The Morgan fingerprint density at radius 2 is 2.05 bits per heavy atom. The second kappa shape index (κ2) is 7.37. The number of hydrogen-bond acceptors (Lipinski definition) is 7. The second-order valence-corrected chi connectivity index (χ2v) is 4.26. The number of nitrogens with zero attached hydrogens (tertiary/aromatic N) is 5. The number of anilines is 2. The molecule has 2 aromatic heterocycles. The summed E-state index contributed by atoms with van der Waals surface area (Å²) in [6, 6.07) is 6.17. The summed E-state index contributed by atoms with van der Waals surface area (Å²) >= 11 is 0. The molecule has 0 unspecified atom stereocenters. The number of hydrogen-bond donors (Lipinski definition) is 1. The topological polar surface area (TPSA) is 76.1 Å². The van der Waals surface area contributed by atoms with Gasteiger partial charge in [0.1, 0.15) is 0 Å². The summed E-state index contributed by atoms with van der Waals surface area (Å²) in [5, 5.41) is 2.92. The monoisotopic (exact) mass is 288 g/mol. The van der Waals surface area contributed by atoms with Crippen LogP contribution in [0.1, 0.15) is 19.5 Å². The second-order valence-electron chi connectivity index (χ2n) is 4.26. The first kappa shape index (κ1) is 15.0. The fourth-order valence-electron chi connectivity index (χ4n) is 1.80. The minimum absolute atomic E-state index is 0.325. The lowest BCUT2D eigenvalue weighted by molar-refractivity contribution is 0.312. The average Bonchev–Trinajstić information content (AvgIpc) is 2.53. The van der Waals surface area contributed by atoms with Crippen LogP contribution in [-0.2, 0) is 6.54 Å². The molecule has 0 bridgehead atoms. The molecule has 112 valence electrons. The van der Waals surface area contributed by atoms with Crippen LogP contribution in [0.25, 0.3) is 0 Å². The molecule has 0 aromatic carbocycles. The maximum atomic E-state index is 5.39. The van der Waals surface area contributed by atoms with Crippen LogP contribution >= 0.6 is 0 Å². The van der Waals surface area contributed by atoms with Crippen molar-refractivity contribution in [1.82, 2.24) is 19.9 Å². The van der Waals surface area contributed by atoms with E-state index in [1.165, 1.54) is 0 Å². The van der Waals surface area contributed by atoms with Crippen molar-refractivity contribution in [3.05, 3.63) is 30.1 Å².